The normalized spacial score (nSPS) is 11.1. The van der Waals surface area contributed by atoms with Crippen molar-refractivity contribution in [1.29, 1.82) is 0 Å². The maximum atomic E-state index is 13.5. The number of hydrogen-bond donors (Lipinski definition) is 3. The predicted octanol–water partition coefficient (Wildman–Crippen LogP) is 12.3. The van der Waals surface area contributed by atoms with E-state index < -0.39 is 17.9 Å². The fraction of sp³-hybridized carbons (Fsp3) is 0.396. The van der Waals surface area contributed by atoms with Crippen molar-refractivity contribution in [3.63, 3.8) is 0 Å². The number of para-hydroxylation sites is 2. The summed E-state index contributed by atoms with van der Waals surface area (Å²) in [5.74, 6) is -0.822. The number of ether oxygens (including phenoxy) is 2. The summed E-state index contributed by atoms with van der Waals surface area (Å²) in [5.41, 5.74) is 6.70. The number of phenolic OH excluding ortho intramolecular Hbond substituents is 1. The molecule has 0 saturated carbocycles. The van der Waals surface area contributed by atoms with Crippen LogP contribution in [-0.2, 0) is 0 Å². The van der Waals surface area contributed by atoms with Gasteiger partial charge in [0.25, 0.3) is 11.8 Å². The van der Waals surface area contributed by atoms with Crippen LogP contribution in [0.1, 0.15) is 130 Å². The van der Waals surface area contributed by atoms with Crippen molar-refractivity contribution in [3.8, 4) is 17.2 Å². The van der Waals surface area contributed by atoms with Crippen molar-refractivity contribution < 1.29 is 29.0 Å². The third kappa shape index (κ3) is 12.0. The van der Waals surface area contributed by atoms with Gasteiger partial charge < -0.3 is 25.6 Å². The topological polar surface area (TPSA) is 131 Å². The Hall–Kier alpha value is -5.57. The minimum absolute atomic E-state index is 0.0637. The van der Waals surface area contributed by atoms with Crippen LogP contribution < -0.4 is 25.4 Å². The lowest BCUT2D eigenvalue weighted by Gasteiger charge is -2.21. The van der Waals surface area contributed by atoms with Crippen LogP contribution in [0.4, 0.5) is 16.2 Å². The molecule has 4 N–H and O–H groups in total. The molecule has 0 aliphatic rings. The number of carbonyl (C=O) groups is 3. The Morgan fingerprint density at radius 3 is 1.88 bits per heavy atom. The average molecular weight is 774 g/mol. The number of amides is 3. The number of rotatable bonds is 23. The van der Waals surface area contributed by atoms with E-state index in [1.54, 1.807) is 48.5 Å². The van der Waals surface area contributed by atoms with Gasteiger partial charge in [0.2, 0.25) is 0 Å². The highest BCUT2D eigenvalue weighted by Gasteiger charge is 2.23. The Morgan fingerprint density at radius 2 is 1.21 bits per heavy atom. The Labute approximate surface area is 337 Å². The molecular weight excluding hydrogens is 715 g/mol. The zero-order valence-electron chi connectivity index (χ0n) is 33.7. The largest absolute Gasteiger partial charge is 0.506 e. The first kappa shape index (κ1) is 42.6. The summed E-state index contributed by atoms with van der Waals surface area (Å²) >= 11 is 0. The first-order valence-corrected chi connectivity index (χ1v) is 20.8. The van der Waals surface area contributed by atoms with Crippen molar-refractivity contribution >= 4 is 50.8 Å². The Kier molecular flexibility index (Phi) is 16.6. The number of nitrogens with one attached hydrogen (secondary N) is 1. The summed E-state index contributed by atoms with van der Waals surface area (Å²) in [5, 5.41) is 16.5. The van der Waals surface area contributed by atoms with E-state index in [4.69, 9.17) is 15.2 Å². The number of anilines is 2. The maximum absolute atomic E-state index is 13.5. The third-order valence-electron chi connectivity index (χ3n) is 10.6. The second-order valence-corrected chi connectivity index (χ2v) is 14.9. The van der Waals surface area contributed by atoms with Gasteiger partial charge in [0.1, 0.15) is 11.5 Å². The highest BCUT2D eigenvalue weighted by molar-refractivity contribution is 6.13. The van der Waals surface area contributed by atoms with Gasteiger partial charge in [-0.15, -0.1) is 0 Å². The summed E-state index contributed by atoms with van der Waals surface area (Å²) in [6, 6.07) is 26.0. The van der Waals surface area contributed by atoms with Crippen LogP contribution in [0.5, 0.6) is 17.2 Å². The van der Waals surface area contributed by atoms with Crippen LogP contribution in [0.2, 0.25) is 0 Å². The zero-order valence-corrected chi connectivity index (χ0v) is 33.7. The van der Waals surface area contributed by atoms with Gasteiger partial charge in [0.15, 0.2) is 5.75 Å². The lowest BCUT2D eigenvalue weighted by Crippen LogP contribution is -2.30. The second-order valence-electron chi connectivity index (χ2n) is 14.9. The number of fused-ring (bicyclic) bond motifs is 2. The summed E-state index contributed by atoms with van der Waals surface area (Å²) in [4.78, 5) is 40.6. The van der Waals surface area contributed by atoms with Gasteiger partial charge in [0, 0.05) is 23.2 Å². The second kappa shape index (κ2) is 22.2. The van der Waals surface area contributed by atoms with E-state index in [1.807, 2.05) is 30.3 Å². The number of nitrogens with two attached hydrogens (primary N) is 1. The molecule has 0 heterocycles. The number of phenols is 1. The van der Waals surface area contributed by atoms with Crippen LogP contribution in [-0.4, -0.2) is 36.7 Å². The number of nitrogens with zero attached hydrogens (tertiary/aromatic N) is 1. The Bertz CT molecular complexity index is 2100. The highest BCUT2D eigenvalue weighted by atomic mass is 16.6. The Balaban J connectivity index is 1.10. The minimum atomic E-state index is -0.765. The van der Waals surface area contributed by atoms with E-state index in [0.29, 0.717) is 39.9 Å². The van der Waals surface area contributed by atoms with E-state index >= 15 is 0 Å². The monoisotopic (exact) mass is 773 g/mol. The summed E-state index contributed by atoms with van der Waals surface area (Å²) < 4.78 is 11.9. The van der Waals surface area contributed by atoms with Gasteiger partial charge in [-0.3, -0.25) is 14.5 Å². The standard InChI is InChI=1S/C48H59N3O6/c1-3-4-5-6-7-8-9-10-11-12-13-14-15-16-17-22-34-56-43-29-21-20-27-41(43)50-47(54)39-33-32-37-38(44(39)52)26-23-28-42(37)51(2)48(55)57-45-36-25-19-18-24-35(36)30-31-40(45)46(49)53/h18-21,23-33,52H,3-17,22,34H2,1-2H3,(H2,49,53)(H,50,54). The molecule has 5 aromatic carbocycles. The molecule has 0 fully saturated rings. The number of unbranched alkanes of at least 4 members (excludes halogenated alkanes) is 15. The van der Waals surface area contributed by atoms with Gasteiger partial charge in [-0.25, -0.2) is 4.79 Å². The van der Waals surface area contributed by atoms with Gasteiger partial charge in [-0.2, -0.15) is 0 Å². The molecule has 9 heteroatoms. The van der Waals surface area contributed by atoms with Crippen molar-refractivity contribution in [3.05, 3.63) is 102 Å². The fourth-order valence-electron chi connectivity index (χ4n) is 7.32. The maximum Gasteiger partial charge on any atom is 0.419 e. The van der Waals surface area contributed by atoms with Crippen LogP contribution in [0.3, 0.4) is 0 Å². The number of hydrogen-bond acceptors (Lipinski definition) is 6. The minimum Gasteiger partial charge on any atom is -0.506 e. The lowest BCUT2D eigenvalue weighted by molar-refractivity contribution is 0.0995. The Morgan fingerprint density at radius 1 is 0.632 bits per heavy atom. The quantitative estimate of drug-likeness (QED) is 0.0566. The van der Waals surface area contributed by atoms with Crippen molar-refractivity contribution in [2.75, 3.05) is 23.9 Å². The van der Waals surface area contributed by atoms with Crippen LogP contribution in [0.25, 0.3) is 21.5 Å². The van der Waals surface area contributed by atoms with E-state index in [0.717, 1.165) is 18.2 Å². The first-order chi connectivity index (χ1) is 27.8. The van der Waals surface area contributed by atoms with Gasteiger partial charge >= 0.3 is 6.09 Å². The molecule has 3 amide bonds. The number of benzene rings is 5. The summed E-state index contributed by atoms with van der Waals surface area (Å²) in [6.45, 7) is 2.82. The van der Waals surface area contributed by atoms with Gasteiger partial charge in [0.05, 0.1) is 29.1 Å². The van der Waals surface area contributed by atoms with E-state index in [-0.39, 0.29) is 22.6 Å². The molecule has 0 atom stereocenters. The summed E-state index contributed by atoms with van der Waals surface area (Å²) in [7, 11) is 1.53. The number of aromatic hydroxyl groups is 1. The molecule has 5 rings (SSSR count). The molecule has 302 valence electrons. The molecule has 0 bridgehead atoms. The van der Waals surface area contributed by atoms with E-state index in [2.05, 4.69) is 12.2 Å². The predicted molar refractivity (Wildman–Crippen MR) is 232 cm³/mol. The molecule has 0 spiro atoms. The zero-order chi connectivity index (χ0) is 40.4. The molecule has 0 aliphatic carbocycles. The number of carbonyl (C=O) groups excluding carboxylic acids is 3. The SMILES string of the molecule is CCCCCCCCCCCCCCCCCCOc1ccccc1NC(=O)c1ccc2c(N(C)C(=O)Oc3c(C(N)=O)ccc4ccccc34)cccc2c1O. The molecule has 5 aromatic rings. The number of primary amides is 1. The molecule has 9 nitrogen and oxygen atoms in total. The van der Waals surface area contributed by atoms with E-state index in [1.165, 1.54) is 114 Å². The molecular formula is C48H59N3O6. The van der Waals surface area contributed by atoms with Crippen molar-refractivity contribution in [1.82, 2.24) is 0 Å². The smallest absolute Gasteiger partial charge is 0.419 e. The average Bonchev–Trinajstić information content (AvgIpc) is 3.22. The van der Waals surface area contributed by atoms with E-state index in [9.17, 15) is 19.5 Å². The summed E-state index contributed by atoms with van der Waals surface area (Å²) in [6.07, 6.45) is 20.1. The molecule has 0 saturated heterocycles. The molecule has 0 unspecified atom stereocenters. The van der Waals surface area contributed by atoms with Crippen LogP contribution >= 0.6 is 0 Å². The van der Waals surface area contributed by atoms with Crippen molar-refractivity contribution in [2.24, 2.45) is 5.73 Å². The third-order valence-corrected chi connectivity index (χ3v) is 10.6. The molecule has 0 radical (unpaired) electrons. The fourth-order valence-corrected chi connectivity index (χ4v) is 7.32. The van der Waals surface area contributed by atoms with Crippen LogP contribution in [0.15, 0.2) is 91.0 Å². The molecule has 0 aromatic heterocycles. The highest BCUT2D eigenvalue weighted by Crippen LogP contribution is 2.37. The first-order valence-electron chi connectivity index (χ1n) is 20.8. The van der Waals surface area contributed by atoms with Gasteiger partial charge in [-0.1, -0.05) is 164 Å². The van der Waals surface area contributed by atoms with Gasteiger partial charge in [-0.05, 0) is 42.1 Å². The molecule has 0 aliphatic heterocycles. The molecule has 57 heavy (non-hydrogen) atoms. The lowest BCUT2D eigenvalue weighted by atomic mass is 10.0. The van der Waals surface area contributed by atoms with Crippen LogP contribution in [0, 0.1) is 0 Å². The van der Waals surface area contributed by atoms with Crippen molar-refractivity contribution in [2.45, 2.75) is 110 Å².